The molecule has 1 unspecified atom stereocenters. The van der Waals surface area contributed by atoms with Crippen molar-refractivity contribution in [3.63, 3.8) is 0 Å². The molecule has 0 aliphatic carbocycles. The maximum Gasteiger partial charge on any atom is 0.246 e. The van der Waals surface area contributed by atoms with Crippen LogP contribution in [0.15, 0.2) is 42.5 Å². The number of carbonyl (C=O) groups is 3. The molecule has 5 rings (SSSR count). The number of halogens is 2. The smallest absolute Gasteiger partial charge is 0.246 e. The van der Waals surface area contributed by atoms with Crippen LogP contribution in [0.4, 0.5) is 20.2 Å². The number of benzene rings is 2. The predicted octanol–water partition coefficient (Wildman–Crippen LogP) is 2.91. The lowest BCUT2D eigenvalue weighted by Crippen LogP contribution is -2.55. The van der Waals surface area contributed by atoms with E-state index in [0.29, 0.717) is 17.8 Å². The zero-order valence-corrected chi connectivity index (χ0v) is 20.6. The van der Waals surface area contributed by atoms with Crippen molar-refractivity contribution >= 4 is 29.1 Å². The van der Waals surface area contributed by atoms with Gasteiger partial charge in [0.25, 0.3) is 0 Å². The van der Waals surface area contributed by atoms with Crippen LogP contribution in [-0.4, -0.2) is 53.0 Å². The third-order valence-corrected chi connectivity index (χ3v) is 7.41. The van der Waals surface area contributed by atoms with Gasteiger partial charge in [0, 0.05) is 30.8 Å². The molecule has 7 nitrogen and oxygen atoms in total. The van der Waals surface area contributed by atoms with Gasteiger partial charge in [0.05, 0.1) is 11.5 Å². The average molecular weight is 507 g/mol. The highest BCUT2D eigenvalue weighted by atomic mass is 19.1. The average Bonchev–Trinajstić information content (AvgIpc) is 3.51. The van der Waals surface area contributed by atoms with E-state index in [0.717, 1.165) is 11.1 Å². The number of nitrogens with zero attached hydrogens (tertiary/aromatic N) is 1. The third-order valence-electron chi connectivity index (χ3n) is 7.41. The number of amides is 3. The van der Waals surface area contributed by atoms with Gasteiger partial charge in [-0.1, -0.05) is 30.2 Å². The molecule has 9 heteroatoms. The van der Waals surface area contributed by atoms with Crippen LogP contribution in [0.3, 0.4) is 0 Å². The highest BCUT2D eigenvalue weighted by Gasteiger charge is 2.56. The van der Waals surface area contributed by atoms with Crippen LogP contribution in [-0.2, 0) is 26.2 Å². The van der Waals surface area contributed by atoms with Gasteiger partial charge in [-0.15, -0.1) is 6.42 Å². The second kappa shape index (κ2) is 8.87. The molecule has 3 aliphatic heterocycles. The number of likely N-dealkylation sites (tertiary alicyclic amines) is 1. The molecule has 37 heavy (non-hydrogen) atoms. The largest absolute Gasteiger partial charge is 0.373 e. The Morgan fingerprint density at radius 1 is 1.27 bits per heavy atom. The van der Waals surface area contributed by atoms with E-state index in [9.17, 15) is 23.2 Å². The van der Waals surface area contributed by atoms with Crippen molar-refractivity contribution in [1.29, 1.82) is 0 Å². The number of terminal acetylenes is 1. The molecule has 0 saturated carbocycles. The van der Waals surface area contributed by atoms with Crippen LogP contribution >= 0.6 is 0 Å². The Hall–Kier alpha value is -3.93. The number of anilines is 2. The monoisotopic (exact) mass is 506 g/mol. The number of alkyl halides is 1. The minimum absolute atomic E-state index is 0.0228. The molecule has 1 saturated heterocycles. The van der Waals surface area contributed by atoms with Gasteiger partial charge >= 0.3 is 0 Å². The maximum atomic E-state index is 14.8. The molecule has 2 aromatic carbocycles. The van der Waals surface area contributed by atoms with Crippen LogP contribution in [0.1, 0.15) is 37.8 Å². The number of para-hydroxylation sites is 1. The maximum absolute atomic E-state index is 14.8. The summed E-state index contributed by atoms with van der Waals surface area (Å²) in [6.07, 6.45) is 6.04. The molecule has 1 fully saturated rings. The molecule has 2 aromatic rings. The Morgan fingerprint density at radius 2 is 2.03 bits per heavy atom. The van der Waals surface area contributed by atoms with Crippen LogP contribution in [0.25, 0.3) is 0 Å². The summed E-state index contributed by atoms with van der Waals surface area (Å²) in [5.41, 5.74) is -0.0632. The number of rotatable bonds is 5. The summed E-state index contributed by atoms with van der Waals surface area (Å²) >= 11 is 0. The predicted molar refractivity (Wildman–Crippen MR) is 135 cm³/mol. The quantitative estimate of drug-likeness (QED) is 0.544. The Morgan fingerprint density at radius 3 is 2.76 bits per heavy atom. The molecule has 1 spiro atoms. The first-order chi connectivity index (χ1) is 17.5. The lowest BCUT2D eigenvalue weighted by molar-refractivity contribution is -0.138. The van der Waals surface area contributed by atoms with E-state index in [-0.39, 0.29) is 25.3 Å². The first-order valence-electron chi connectivity index (χ1n) is 12.2. The molecule has 0 aromatic heterocycles. The molecule has 3 heterocycles. The van der Waals surface area contributed by atoms with Crippen LogP contribution < -0.4 is 16.0 Å². The van der Waals surface area contributed by atoms with Crippen molar-refractivity contribution < 1.29 is 23.2 Å². The molecule has 4 atom stereocenters. The highest BCUT2D eigenvalue weighted by Crippen LogP contribution is 2.46. The Bertz CT molecular complexity index is 1330. The molecular weight excluding hydrogens is 478 g/mol. The minimum atomic E-state index is -1.77. The summed E-state index contributed by atoms with van der Waals surface area (Å²) in [4.78, 5) is 41.5. The third kappa shape index (κ3) is 4.41. The van der Waals surface area contributed by atoms with E-state index in [2.05, 4.69) is 21.9 Å². The van der Waals surface area contributed by atoms with Crippen molar-refractivity contribution in [2.75, 3.05) is 17.2 Å². The van der Waals surface area contributed by atoms with Gasteiger partial charge in [-0.3, -0.25) is 14.4 Å². The lowest BCUT2D eigenvalue weighted by Gasteiger charge is -2.30. The van der Waals surface area contributed by atoms with Crippen LogP contribution in [0.5, 0.6) is 0 Å². The zero-order chi connectivity index (χ0) is 26.5. The van der Waals surface area contributed by atoms with E-state index in [1.165, 1.54) is 30.9 Å². The number of carbonyl (C=O) groups excluding carboxylic acids is 3. The van der Waals surface area contributed by atoms with E-state index in [1.807, 2.05) is 18.2 Å². The second-order valence-electron chi connectivity index (χ2n) is 10.6. The summed E-state index contributed by atoms with van der Waals surface area (Å²) < 4.78 is 28.4. The van der Waals surface area contributed by atoms with Gasteiger partial charge in [-0.05, 0) is 49.6 Å². The standard InChI is InChI=1S/C28H28F2N4O3/c1-4-18-13-28(19-7-5-6-8-20(19)33-26(28)37)15-34(18)25(36)23(14-27(2,3)30)32-24(35)22-11-16-9-10-17(29)12-21(16)31-22/h1,5-10,12,18,22-23,31H,11,13-15H2,2-3H3,(H,32,35)(H,33,37)/t18-,22?,23+,28+/m1/s1. The second-order valence-corrected chi connectivity index (χ2v) is 10.6. The molecule has 3 N–H and O–H groups in total. The van der Waals surface area contributed by atoms with Gasteiger partial charge < -0.3 is 20.9 Å². The molecule has 3 amide bonds. The Labute approximate surface area is 214 Å². The van der Waals surface area contributed by atoms with Gasteiger partial charge in [-0.2, -0.15) is 0 Å². The fourth-order valence-electron chi connectivity index (χ4n) is 5.66. The summed E-state index contributed by atoms with van der Waals surface area (Å²) in [6.45, 7) is 2.68. The van der Waals surface area contributed by atoms with E-state index < -0.39 is 46.8 Å². The molecule has 0 radical (unpaired) electrons. The van der Waals surface area contributed by atoms with Gasteiger partial charge in [0.2, 0.25) is 17.7 Å². The number of hydrogen-bond donors (Lipinski definition) is 3. The van der Waals surface area contributed by atoms with E-state index in [4.69, 9.17) is 6.42 Å². The molecular formula is C28H28F2N4O3. The zero-order valence-electron chi connectivity index (χ0n) is 20.6. The van der Waals surface area contributed by atoms with E-state index in [1.54, 1.807) is 12.1 Å². The number of nitrogens with one attached hydrogen (secondary N) is 3. The van der Waals surface area contributed by atoms with Crippen molar-refractivity contribution in [3.8, 4) is 12.3 Å². The highest BCUT2D eigenvalue weighted by molar-refractivity contribution is 6.07. The van der Waals surface area contributed by atoms with Crippen molar-refractivity contribution in [3.05, 3.63) is 59.4 Å². The topological polar surface area (TPSA) is 90.5 Å². The fourth-order valence-corrected chi connectivity index (χ4v) is 5.66. The normalized spacial score (nSPS) is 24.6. The van der Waals surface area contributed by atoms with E-state index >= 15 is 0 Å². The van der Waals surface area contributed by atoms with Gasteiger partial charge in [0.1, 0.15) is 23.6 Å². The van der Waals surface area contributed by atoms with Crippen LogP contribution in [0, 0.1) is 18.2 Å². The molecule has 3 aliphatic rings. The van der Waals surface area contributed by atoms with Crippen LogP contribution in [0.2, 0.25) is 0 Å². The molecule has 0 bridgehead atoms. The van der Waals surface area contributed by atoms with Gasteiger partial charge in [-0.25, -0.2) is 8.78 Å². The number of fused-ring (bicyclic) bond motifs is 3. The summed E-state index contributed by atoms with van der Waals surface area (Å²) in [6, 6.07) is 8.84. The fraction of sp³-hybridized carbons (Fsp3) is 0.393. The number of hydrogen-bond acceptors (Lipinski definition) is 4. The SMILES string of the molecule is C#C[C@@H]1C[C@@]2(CN1C(=O)[C@H](CC(C)(C)F)NC(=O)C1Cc3ccc(F)cc3N1)C(=O)Nc1ccccc12. The Kier molecular flexibility index (Phi) is 5.94. The van der Waals surface area contributed by atoms with Crippen molar-refractivity contribution in [1.82, 2.24) is 10.2 Å². The molecule has 192 valence electrons. The summed E-state index contributed by atoms with van der Waals surface area (Å²) in [7, 11) is 0. The first-order valence-corrected chi connectivity index (χ1v) is 12.2. The van der Waals surface area contributed by atoms with Crippen molar-refractivity contribution in [2.24, 2.45) is 0 Å². The van der Waals surface area contributed by atoms with Gasteiger partial charge in [0.15, 0.2) is 0 Å². The lowest BCUT2D eigenvalue weighted by atomic mass is 9.79. The summed E-state index contributed by atoms with van der Waals surface area (Å²) in [5.74, 6) is 0.892. The minimum Gasteiger partial charge on any atom is -0.373 e. The first kappa shape index (κ1) is 24.8. The summed E-state index contributed by atoms with van der Waals surface area (Å²) in [5, 5.41) is 8.55. The Balaban J connectivity index is 1.38. The van der Waals surface area contributed by atoms with Crippen molar-refractivity contribution in [2.45, 2.75) is 62.3 Å².